The number of H-pyrrole nitrogens is 1. The van der Waals surface area contributed by atoms with E-state index < -0.39 is 0 Å². The zero-order chi connectivity index (χ0) is 17.4. The molecule has 1 atom stereocenters. The lowest BCUT2D eigenvalue weighted by atomic mass is 9.90. The third kappa shape index (κ3) is 2.67. The Morgan fingerprint density at radius 1 is 1.04 bits per heavy atom. The summed E-state index contributed by atoms with van der Waals surface area (Å²) in [7, 11) is 3.44. The zero-order valence-electron chi connectivity index (χ0n) is 15.0. The van der Waals surface area contributed by atoms with Gasteiger partial charge in [0.05, 0.1) is 20.3 Å². The van der Waals surface area contributed by atoms with Crippen LogP contribution in [0.25, 0.3) is 10.9 Å². The van der Waals surface area contributed by atoms with Gasteiger partial charge in [0.1, 0.15) is 11.5 Å². The minimum atomic E-state index is 0.183. The highest BCUT2D eigenvalue weighted by molar-refractivity contribution is 5.86. The van der Waals surface area contributed by atoms with Gasteiger partial charge in [0.2, 0.25) is 0 Å². The van der Waals surface area contributed by atoms with Gasteiger partial charge in [-0.2, -0.15) is 0 Å². The van der Waals surface area contributed by atoms with Crippen molar-refractivity contribution in [1.29, 1.82) is 0 Å². The second kappa shape index (κ2) is 6.45. The summed E-state index contributed by atoms with van der Waals surface area (Å²) in [6.45, 7) is 3.16. The number of hydrogen-bond donors (Lipinski definition) is 2. The fourth-order valence-electron chi connectivity index (χ4n) is 3.90. The number of rotatable bonds is 4. The van der Waals surface area contributed by atoms with Gasteiger partial charge in [-0.3, -0.25) is 0 Å². The Hall–Kier alpha value is -2.46. The Balaban J connectivity index is 1.85. The first-order valence-electron chi connectivity index (χ1n) is 8.83. The molecule has 0 saturated heterocycles. The van der Waals surface area contributed by atoms with Crippen LogP contribution in [0.1, 0.15) is 35.3 Å². The van der Waals surface area contributed by atoms with Crippen LogP contribution in [0, 0.1) is 0 Å². The molecule has 1 unspecified atom stereocenters. The van der Waals surface area contributed by atoms with Crippen LogP contribution in [0.2, 0.25) is 0 Å². The van der Waals surface area contributed by atoms with Crippen molar-refractivity contribution in [3.05, 3.63) is 58.8 Å². The van der Waals surface area contributed by atoms with Crippen molar-refractivity contribution in [2.75, 3.05) is 20.8 Å². The van der Waals surface area contributed by atoms with Crippen molar-refractivity contribution in [3.63, 3.8) is 0 Å². The van der Waals surface area contributed by atoms with E-state index in [1.807, 2.05) is 6.07 Å². The first-order valence-corrected chi connectivity index (χ1v) is 8.83. The number of fused-ring (bicyclic) bond motifs is 3. The van der Waals surface area contributed by atoms with Crippen molar-refractivity contribution in [1.82, 2.24) is 10.3 Å². The van der Waals surface area contributed by atoms with Crippen LogP contribution < -0.4 is 14.8 Å². The fourth-order valence-corrected chi connectivity index (χ4v) is 3.90. The first kappa shape index (κ1) is 16.0. The molecule has 0 aliphatic carbocycles. The maximum atomic E-state index is 5.41. The lowest BCUT2D eigenvalue weighted by molar-refractivity contribution is 0.413. The second-order valence-electron chi connectivity index (χ2n) is 6.48. The summed E-state index contributed by atoms with van der Waals surface area (Å²) < 4.78 is 10.8. The largest absolute Gasteiger partial charge is 0.497 e. The molecule has 2 heterocycles. The van der Waals surface area contributed by atoms with Gasteiger partial charge in [0, 0.05) is 23.1 Å². The van der Waals surface area contributed by atoms with E-state index in [0.29, 0.717) is 0 Å². The van der Waals surface area contributed by atoms with Crippen LogP contribution in [-0.4, -0.2) is 25.7 Å². The van der Waals surface area contributed by atoms with Crippen molar-refractivity contribution >= 4 is 10.9 Å². The zero-order valence-corrected chi connectivity index (χ0v) is 15.0. The molecule has 0 amide bonds. The molecule has 1 aliphatic rings. The molecule has 4 heteroatoms. The van der Waals surface area contributed by atoms with Gasteiger partial charge in [-0.05, 0) is 59.9 Å². The molecular weight excluding hydrogens is 312 g/mol. The van der Waals surface area contributed by atoms with E-state index in [1.54, 1.807) is 14.2 Å². The van der Waals surface area contributed by atoms with Crippen LogP contribution >= 0.6 is 0 Å². The highest BCUT2D eigenvalue weighted by Crippen LogP contribution is 2.36. The molecule has 25 heavy (non-hydrogen) atoms. The third-order valence-corrected chi connectivity index (χ3v) is 5.20. The Labute approximate surface area is 148 Å². The van der Waals surface area contributed by atoms with Crippen LogP contribution in [-0.2, 0) is 12.8 Å². The minimum absolute atomic E-state index is 0.183. The predicted molar refractivity (Wildman–Crippen MR) is 101 cm³/mol. The summed E-state index contributed by atoms with van der Waals surface area (Å²) in [5.74, 6) is 1.82. The lowest BCUT2D eigenvalue weighted by Crippen LogP contribution is -2.31. The van der Waals surface area contributed by atoms with Crippen molar-refractivity contribution in [3.8, 4) is 11.5 Å². The minimum Gasteiger partial charge on any atom is -0.497 e. The van der Waals surface area contributed by atoms with Crippen LogP contribution in [0.4, 0.5) is 0 Å². The van der Waals surface area contributed by atoms with E-state index in [-0.39, 0.29) is 6.04 Å². The van der Waals surface area contributed by atoms with Gasteiger partial charge in [-0.25, -0.2) is 0 Å². The van der Waals surface area contributed by atoms with Crippen LogP contribution in [0.5, 0.6) is 11.5 Å². The number of hydrogen-bond acceptors (Lipinski definition) is 3. The third-order valence-electron chi connectivity index (χ3n) is 5.20. The van der Waals surface area contributed by atoms with Gasteiger partial charge in [-0.1, -0.05) is 13.0 Å². The van der Waals surface area contributed by atoms with E-state index in [4.69, 9.17) is 9.47 Å². The number of aromatic amines is 1. The van der Waals surface area contributed by atoms with Gasteiger partial charge >= 0.3 is 0 Å². The van der Waals surface area contributed by atoms with Crippen molar-refractivity contribution in [2.45, 2.75) is 25.8 Å². The van der Waals surface area contributed by atoms with E-state index in [9.17, 15) is 0 Å². The maximum Gasteiger partial charge on any atom is 0.119 e. The second-order valence-corrected chi connectivity index (χ2v) is 6.48. The van der Waals surface area contributed by atoms with Crippen LogP contribution in [0.15, 0.2) is 36.4 Å². The number of ether oxygens (including phenoxy) is 2. The molecule has 4 rings (SSSR count). The number of nitrogens with one attached hydrogen (secondary N) is 2. The molecule has 1 aromatic heterocycles. The van der Waals surface area contributed by atoms with Gasteiger partial charge in [0.25, 0.3) is 0 Å². The predicted octanol–water partition coefficient (Wildman–Crippen LogP) is 3.98. The molecule has 1 aliphatic heterocycles. The standard InChI is InChI=1S/C21H24N2O2/c1-4-13-11-14(24-2)5-7-16(13)20-21-17(9-10-22-20)18-12-15(25-3)6-8-19(18)23-21/h5-8,11-12,20,22-23H,4,9-10H2,1-3H3. The van der Waals surface area contributed by atoms with E-state index in [2.05, 4.69) is 47.6 Å². The van der Waals surface area contributed by atoms with Crippen LogP contribution in [0.3, 0.4) is 0 Å². The monoisotopic (exact) mass is 336 g/mol. The molecule has 0 fully saturated rings. The number of methoxy groups -OCH3 is 2. The van der Waals surface area contributed by atoms with Gasteiger partial charge in [0.15, 0.2) is 0 Å². The number of benzene rings is 2. The smallest absolute Gasteiger partial charge is 0.119 e. The molecule has 3 aromatic rings. The number of aromatic nitrogens is 1. The van der Waals surface area contributed by atoms with Gasteiger partial charge < -0.3 is 19.8 Å². The SMILES string of the molecule is CCc1cc(OC)ccc1C1NCCc2c1[nH]c1ccc(OC)cc21. The fraction of sp³-hybridized carbons (Fsp3) is 0.333. The van der Waals surface area contributed by atoms with Crippen molar-refractivity contribution < 1.29 is 9.47 Å². The van der Waals surface area contributed by atoms with E-state index in [1.165, 1.54) is 33.3 Å². The average Bonchev–Trinajstić information content (AvgIpc) is 3.05. The average molecular weight is 336 g/mol. The molecule has 4 nitrogen and oxygen atoms in total. The molecule has 0 bridgehead atoms. The van der Waals surface area contributed by atoms with Gasteiger partial charge in [-0.15, -0.1) is 0 Å². The van der Waals surface area contributed by atoms with E-state index >= 15 is 0 Å². The first-order chi connectivity index (χ1) is 12.2. The molecule has 2 aromatic carbocycles. The molecule has 0 spiro atoms. The Morgan fingerprint density at radius 2 is 1.80 bits per heavy atom. The summed E-state index contributed by atoms with van der Waals surface area (Å²) in [6, 6.07) is 12.8. The molecule has 0 saturated carbocycles. The van der Waals surface area contributed by atoms with E-state index in [0.717, 1.165) is 30.9 Å². The summed E-state index contributed by atoms with van der Waals surface area (Å²) >= 11 is 0. The topological polar surface area (TPSA) is 46.3 Å². The Bertz CT molecular complexity index is 914. The van der Waals surface area contributed by atoms with Crippen molar-refractivity contribution in [2.24, 2.45) is 0 Å². The highest BCUT2D eigenvalue weighted by atomic mass is 16.5. The Morgan fingerprint density at radius 3 is 2.56 bits per heavy atom. The summed E-state index contributed by atoms with van der Waals surface area (Å²) in [6.07, 6.45) is 2.00. The lowest BCUT2D eigenvalue weighted by Gasteiger charge is -2.27. The normalized spacial score (nSPS) is 16.7. The quantitative estimate of drug-likeness (QED) is 0.757. The summed E-state index contributed by atoms with van der Waals surface area (Å²) in [5, 5.41) is 4.96. The molecule has 2 N–H and O–H groups in total. The Kier molecular flexibility index (Phi) is 4.14. The molecular formula is C21H24N2O2. The molecule has 130 valence electrons. The maximum absolute atomic E-state index is 5.41. The molecule has 0 radical (unpaired) electrons. The summed E-state index contributed by atoms with van der Waals surface area (Å²) in [4.78, 5) is 3.65. The number of aryl methyl sites for hydroxylation is 1. The summed E-state index contributed by atoms with van der Waals surface area (Å²) in [5.41, 5.74) is 6.49. The highest BCUT2D eigenvalue weighted by Gasteiger charge is 2.26.